The molecule has 0 aliphatic heterocycles. The van der Waals surface area contributed by atoms with Gasteiger partial charge in [-0.1, -0.05) is 12.1 Å². The predicted octanol–water partition coefficient (Wildman–Crippen LogP) is 0.927. The van der Waals surface area contributed by atoms with E-state index in [-0.39, 0.29) is 17.3 Å². The number of oxime groups is 1. The molecule has 0 unspecified atom stereocenters. The smallest absolute Gasteiger partial charge is 0.360 e. The number of carboxylic acids is 1. The van der Waals surface area contributed by atoms with Crippen molar-refractivity contribution in [3.8, 4) is 0 Å². The Morgan fingerprint density at radius 1 is 1.65 bits per heavy atom. The van der Waals surface area contributed by atoms with E-state index < -0.39 is 5.97 Å². The van der Waals surface area contributed by atoms with Gasteiger partial charge in [-0.25, -0.2) is 9.78 Å². The fraction of sp³-hybridized carbons (Fsp3) is 0.333. The monoisotopic (exact) mass is 257 g/mol. The van der Waals surface area contributed by atoms with Crippen molar-refractivity contribution in [2.24, 2.45) is 5.16 Å². The summed E-state index contributed by atoms with van der Waals surface area (Å²) in [7, 11) is 1.25. The molecule has 0 saturated heterocycles. The quantitative estimate of drug-likeness (QED) is 0.603. The van der Waals surface area contributed by atoms with Crippen molar-refractivity contribution in [3.05, 3.63) is 11.1 Å². The van der Waals surface area contributed by atoms with Gasteiger partial charge in [0.15, 0.2) is 5.13 Å². The van der Waals surface area contributed by atoms with E-state index in [4.69, 9.17) is 5.11 Å². The Balaban J connectivity index is 2.89. The molecule has 0 aromatic carbocycles. The summed E-state index contributed by atoms with van der Waals surface area (Å²) in [4.78, 5) is 30.3. The molecular weight excluding hydrogens is 246 g/mol. The lowest BCUT2D eigenvalue weighted by atomic mass is 10.3. The van der Waals surface area contributed by atoms with Crippen molar-refractivity contribution in [1.82, 2.24) is 4.98 Å². The molecule has 0 atom stereocenters. The number of anilines is 1. The summed E-state index contributed by atoms with van der Waals surface area (Å²) < 4.78 is 0. The van der Waals surface area contributed by atoms with Gasteiger partial charge in [0, 0.05) is 11.8 Å². The Labute approximate surface area is 101 Å². The first-order chi connectivity index (χ1) is 8.08. The molecular formula is C9H11N3O4S. The second-order valence-electron chi connectivity index (χ2n) is 2.87. The third kappa shape index (κ3) is 3.52. The van der Waals surface area contributed by atoms with E-state index in [0.717, 1.165) is 11.3 Å². The second-order valence-corrected chi connectivity index (χ2v) is 3.73. The summed E-state index contributed by atoms with van der Waals surface area (Å²) in [6.07, 6.45) is 0.326. The molecule has 0 bridgehead atoms. The van der Waals surface area contributed by atoms with Gasteiger partial charge in [-0.3, -0.25) is 4.79 Å². The Morgan fingerprint density at radius 3 is 2.88 bits per heavy atom. The first-order valence-electron chi connectivity index (χ1n) is 4.68. The van der Waals surface area contributed by atoms with E-state index in [1.807, 2.05) is 0 Å². The normalized spacial score (nSPS) is 11.1. The van der Waals surface area contributed by atoms with Gasteiger partial charge in [-0.2, -0.15) is 0 Å². The summed E-state index contributed by atoms with van der Waals surface area (Å²) in [6, 6.07) is 0. The van der Waals surface area contributed by atoms with Crippen LogP contribution in [0.1, 0.15) is 19.0 Å². The number of amides is 1. The lowest BCUT2D eigenvalue weighted by molar-refractivity contribution is -0.129. The van der Waals surface area contributed by atoms with Crippen molar-refractivity contribution in [2.75, 3.05) is 12.4 Å². The van der Waals surface area contributed by atoms with Crippen molar-refractivity contribution >= 4 is 34.1 Å². The van der Waals surface area contributed by atoms with E-state index in [2.05, 4.69) is 20.3 Å². The highest BCUT2D eigenvalue weighted by atomic mass is 32.1. The largest absolute Gasteiger partial charge is 0.476 e. The van der Waals surface area contributed by atoms with Crippen LogP contribution in [0.2, 0.25) is 0 Å². The van der Waals surface area contributed by atoms with Crippen LogP contribution < -0.4 is 5.32 Å². The Kier molecular flexibility index (Phi) is 4.58. The topological polar surface area (TPSA) is 101 Å². The number of rotatable bonds is 5. The van der Waals surface area contributed by atoms with Crippen molar-refractivity contribution in [2.45, 2.75) is 13.3 Å². The van der Waals surface area contributed by atoms with E-state index >= 15 is 0 Å². The maximum Gasteiger partial charge on any atom is 0.360 e. The highest BCUT2D eigenvalue weighted by Gasteiger charge is 2.17. The van der Waals surface area contributed by atoms with Crippen LogP contribution >= 0.6 is 11.3 Å². The zero-order chi connectivity index (χ0) is 12.8. The Hall–Kier alpha value is -1.96. The van der Waals surface area contributed by atoms with E-state index in [1.54, 1.807) is 6.92 Å². The number of carbonyl (C=O) groups is 2. The van der Waals surface area contributed by atoms with Crippen LogP contribution in [0.3, 0.4) is 0 Å². The van der Waals surface area contributed by atoms with E-state index in [1.165, 1.54) is 12.5 Å². The molecule has 7 nitrogen and oxygen atoms in total. The minimum Gasteiger partial charge on any atom is -0.476 e. The van der Waals surface area contributed by atoms with Crippen LogP contribution in [0.4, 0.5) is 5.13 Å². The molecule has 0 fully saturated rings. The molecule has 0 saturated carbocycles. The number of thiazole rings is 1. The molecule has 0 aliphatic rings. The van der Waals surface area contributed by atoms with Gasteiger partial charge in [0.25, 0.3) is 0 Å². The van der Waals surface area contributed by atoms with Crippen LogP contribution in [-0.2, 0) is 14.4 Å². The lowest BCUT2D eigenvalue weighted by Crippen LogP contribution is -2.16. The van der Waals surface area contributed by atoms with Gasteiger partial charge in [0.05, 0.1) is 0 Å². The molecule has 92 valence electrons. The minimum absolute atomic E-state index is 0.149. The molecule has 0 radical (unpaired) electrons. The van der Waals surface area contributed by atoms with Crippen molar-refractivity contribution in [3.63, 3.8) is 0 Å². The molecule has 1 heterocycles. The summed E-state index contributed by atoms with van der Waals surface area (Å²) in [5, 5.41) is 16.6. The molecule has 0 spiro atoms. The fourth-order valence-corrected chi connectivity index (χ4v) is 1.65. The number of hydrogen-bond acceptors (Lipinski definition) is 6. The summed E-state index contributed by atoms with van der Waals surface area (Å²) in [5.41, 5.74) is -0.156. The van der Waals surface area contributed by atoms with Gasteiger partial charge in [0.1, 0.15) is 12.8 Å². The minimum atomic E-state index is -1.24. The summed E-state index contributed by atoms with van der Waals surface area (Å²) in [6.45, 7) is 1.71. The van der Waals surface area contributed by atoms with Crippen LogP contribution in [0.15, 0.2) is 10.5 Å². The highest BCUT2D eigenvalue weighted by molar-refractivity contribution is 7.14. The number of carbonyl (C=O) groups excluding carboxylic acids is 1. The number of hydrogen-bond donors (Lipinski definition) is 2. The van der Waals surface area contributed by atoms with Gasteiger partial charge in [0.2, 0.25) is 11.6 Å². The van der Waals surface area contributed by atoms with Crippen LogP contribution in [0.25, 0.3) is 0 Å². The molecule has 17 heavy (non-hydrogen) atoms. The first-order valence-corrected chi connectivity index (χ1v) is 5.56. The van der Waals surface area contributed by atoms with E-state index in [0.29, 0.717) is 11.6 Å². The van der Waals surface area contributed by atoms with Crippen LogP contribution in [-0.4, -0.2) is 34.8 Å². The first kappa shape index (κ1) is 13.1. The van der Waals surface area contributed by atoms with Crippen molar-refractivity contribution < 1.29 is 19.5 Å². The maximum atomic E-state index is 11.1. The second kappa shape index (κ2) is 5.94. The van der Waals surface area contributed by atoms with E-state index in [9.17, 15) is 9.59 Å². The number of carboxylic acid groups (broad SMARTS) is 1. The lowest BCUT2D eigenvalue weighted by Gasteiger charge is -1.97. The zero-order valence-corrected chi connectivity index (χ0v) is 10.1. The third-order valence-corrected chi connectivity index (χ3v) is 2.46. The average molecular weight is 257 g/mol. The van der Waals surface area contributed by atoms with Gasteiger partial charge < -0.3 is 15.3 Å². The van der Waals surface area contributed by atoms with Crippen LogP contribution in [0, 0.1) is 0 Å². The molecule has 1 aromatic rings. The number of nitrogens with one attached hydrogen (secondary N) is 1. The zero-order valence-electron chi connectivity index (χ0n) is 9.26. The number of aliphatic carboxylic acids is 1. The molecule has 1 amide bonds. The van der Waals surface area contributed by atoms with Crippen molar-refractivity contribution in [1.29, 1.82) is 0 Å². The van der Waals surface area contributed by atoms with Crippen LogP contribution in [0.5, 0.6) is 0 Å². The van der Waals surface area contributed by atoms with Gasteiger partial charge >= 0.3 is 5.97 Å². The SMILES string of the molecule is CCC(=O)Nc1nc(C(=NOC)C(=O)O)cs1. The third-order valence-electron chi connectivity index (χ3n) is 1.70. The standard InChI is InChI=1S/C9H11N3O4S/c1-3-6(13)11-9-10-5(4-17-9)7(8(14)15)12-16-2/h4H,3H2,1-2H3,(H,14,15)(H,10,11,13). The predicted molar refractivity (Wildman–Crippen MR) is 62.2 cm³/mol. The molecule has 1 rings (SSSR count). The Morgan fingerprint density at radius 2 is 2.35 bits per heavy atom. The average Bonchev–Trinajstić information content (AvgIpc) is 2.73. The molecule has 2 N–H and O–H groups in total. The fourth-order valence-electron chi connectivity index (χ4n) is 0.934. The molecule has 8 heteroatoms. The summed E-state index contributed by atoms with van der Waals surface area (Å²) >= 11 is 1.12. The Bertz CT molecular complexity index is 455. The van der Waals surface area contributed by atoms with Gasteiger partial charge in [-0.15, -0.1) is 11.3 Å². The maximum absolute atomic E-state index is 11.1. The highest BCUT2D eigenvalue weighted by Crippen LogP contribution is 2.16. The van der Waals surface area contributed by atoms with Gasteiger partial charge in [-0.05, 0) is 0 Å². The number of nitrogens with zero attached hydrogens (tertiary/aromatic N) is 2. The molecule has 1 aromatic heterocycles. The summed E-state index contributed by atoms with van der Waals surface area (Å²) in [5.74, 6) is -1.43. The number of aromatic nitrogens is 1. The molecule has 0 aliphatic carbocycles.